The maximum Gasteiger partial charge on any atom is 0.319 e. The van der Waals surface area contributed by atoms with Gasteiger partial charge in [-0.1, -0.05) is 12.8 Å². The highest BCUT2D eigenvalue weighted by Gasteiger charge is 2.16. The molecule has 1 aromatic heterocycles. The molecule has 1 aromatic rings. The number of nitrogens with one attached hydrogen (secondary N) is 2. The highest BCUT2D eigenvalue weighted by Crippen LogP contribution is 2.17. The predicted octanol–water partition coefficient (Wildman–Crippen LogP) is 1.54. The third kappa shape index (κ3) is 2.90. The first-order valence-corrected chi connectivity index (χ1v) is 5.17. The molecule has 0 spiro atoms. The lowest BCUT2D eigenvalue weighted by atomic mass is 10.2. The SMILES string of the molecule is O=C(Nc1cncnc1)NC1CCCC1. The quantitative estimate of drug-likeness (QED) is 0.771. The number of anilines is 1. The fourth-order valence-corrected chi connectivity index (χ4v) is 1.79. The lowest BCUT2D eigenvalue weighted by Gasteiger charge is -2.12. The second-order valence-electron chi connectivity index (χ2n) is 3.71. The van der Waals surface area contributed by atoms with Crippen LogP contribution in [0.3, 0.4) is 0 Å². The lowest BCUT2D eigenvalue weighted by Crippen LogP contribution is -2.36. The average molecular weight is 206 g/mol. The molecule has 0 radical (unpaired) electrons. The molecule has 2 rings (SSSR count). The van der Waals surface area contributed by atoms with Gasteiger partial charge in [0.1, 0.15) is 6.33 Å². The Balaban J connectivity index is 1.82. The standard InChI is InChI=1S/C10H14N4O/c15-10(13-8-3-1-2-4-8)14-9-5-11-7-12-6-9/h5-8H,1-4H2,(H2,13,14,15). The van der Waals surface area contributed by atoms with Crippen molar-refractivity contribution in [2.45, 2.75) is 31.7 Å². The van der Waals surface area contributed by atoms with Gasteiger partial charge in [0, 0.05) is 6.04 Å². The molecule has 0 atom stereocenters. The summed E-state index contributed by atoms with van der Waals surface area (Å²) in [4.78, 5) is 19.1. The van der Waals surface area contributed by atoms with Gasteiger partial charge in [-0.25, -0.2) is 14.8 Å². The van der Waals surface area contributed by atoms with E-state index in [1.807, 2.05) is 0 Å². The predicted molar refractivity (Wildman–Crippen MR) is 56.4 cm³/mol. The number of carbonyl (C=O) groups excluding carboxylic acids is 1. The molecule has 0 unspecified atom stereocenters. The van der Waals surface area contributed by atoms with Gasteiger partial charge in [0.2, 0.25) is 0 Å². The molecular weight excluding hydrogens is 192 g/mol. The number of hydrogen-bond acceptors (Lipinski definition) is 3. The van der Waals surface area contributed by atoms with Crippen molar-refractivity contribution in [2.24, 2.45) is 0 Å². The summed E-state index contributed by atoms with van der Waals surface area (Å²) in [6.45, 7) is 0. The molecule has 0 bridgehead atoms. The van der Waals surface area contributed by atoms with E-state index in [-0.39, 0.29) is 6.03 Å². The Kier molecular flexibility index (Phi) is 3.11. The molecule has 0 aromatic carbocycles. The number of aromatic nitrogens is 2. The molecule has 2 amide bonds. The van der Waals surface area contributed by atoms with Crippen molar-refractivity contribution < 1.29 is 4.79 Å². The molecule has 0 aliphatic heterocycles. The number of rotatable bonds is 2. The number of hydrogen-bond donors (Lipinski definition) is 2. The fraction of sp³-hybridized carbons (Fsp3) is 0.500. The minimum absolute atomic E-state index is 0.170. The van der Waals surface area contributed by atoms with Gasteiger partial charge in [-0.05, 0) is 12.8 Å². The van der Waals surface area contributed by atoms with Crippen molar-refractivity contribution >= 4 is 11.7 Å². The Morgan fingerprint density at radius 3 is 2.60 bits per heavy atom. The summed E-state index contributed by atoms with van der Waals surface area (Å²) >= 11 is 0. The monoisotopic (exact) mass is 206 g/mol. The summed E-state index contributed by atoms with van der Waals surface area (Å²) < 4.78 is 0. The number of urea groups is 1. The zero-order valence-corrected chi connectivity index (χ0v) is 8.44. The van der Waals surface area contributed by atoms with Crippen molar-refractivity contribution in [3.63, 3.8) is 0 Å². The van der Waals surface area contributed by atoms with Crippen LogP contribution in [0.1, 0.15) is 25.7 Å². The third-order valence-electron chi connectivity index (χ3n) is 2.51. The summed E-state index contributed by atoms with van der Waals surface area (Å²) in [5.41, 5.74) is 0.619. The Morgan fingerprint density at radius 1 is 1.27 bits per heavy atom. The molecular formula is C10H14N4O. The van der Waals surface area contributed by atoms with E-state index in [1.54, 1.807) is 12.4 Å². The topological polar surface area (TPSA) is 66.9 Å². The first-order valence-electron chi connectivity index (χ1n) is 5.17. The Hall–Kier alpha value is -1.65. The van der Waals surface area contributed by atoms with E-state index in [9.17, 15) is 4.79 Å². The molecule has 80 valence electrons. The average Bonchev–Trinajstić information content (AvgIpc) is 2.71. The number of nitrogens with zero attached hydrogens (tertiary/aromatic N) is 2. The Morgan fingerprint density at radius 2 is 1.93 bits per heavy atom. The molecule has 1 aliphatic carbocycles. The molecule has 5 nitrogen and oxygen atoms in total. The Labute approximate surface area is 88.3 Å². The van der Waals surface area contributed by atoms with Crippen LogP contribution in [0.2, 0.25) is 0 Å². The van der Waals surface area contributed by atoms with E-state index in [1.165, 1.54) is 19.2 Å². The van der Waals surface area contributed by atoms with E-state index in [0.29, 0.717) is 11.7 Å². The van der Waals surface area contributed by atoms with Crippen molar-refractivity contribution in [3.05, 3.63) is 18.7 Å². The van der Waals surface area contributed by atoms with E-state index >= 15 is 0 Å². The van der Waals surface area contributed by atoms with Crippen LogP contribution < -0.4 is 10.6 Å². The van der Waals surface area contributed by atoms with Gasteiger partial charge >= 0.3 is 6.03 Å². The molecule has 2 N–H and O–H groups in total. The van der Waals surface area contributed by atoms with Crippen LogP contribution in [0.25, 0.3) is 0 Å². The van der Waals surface area contributed by atoms with Crippen LogP contribution in [0, 0.1) is 0 Å². The third-order valence-corrected chi connectivity index (χ3v) is 2.51. The van der Waals surface area contributed by atoms with Gasteiger partial charge in [0.25, 0.3) is 0 Å². The van der Waals surface area contributed by atoms with Crippen LogP contribution in [0.5, 0.6) is 0 Å². The van der Waals surface area contributed by atoms with Gasteiger partial charge in [-0.15, -0.1) is 0 Å². The van der Waals surface area contributed by atoms with Crippen molar-refractivity contribution in [2.75, 3.05) is 5.32 Å². The van der Waals surface area contributed by atoms with E-state index in [0.717, 1.165) is 12.8 Å². The summed E-state index contributed by atoms with van der Waals surface area (Å²) in [5.74, 6) is 0. The van der Waals surface area contributed by atoms with Gasteiger partial charge in [-0.3, -0.25) is 0 Å². The maximum absolute atomic E-state index is 11.5. The minimum Gasteiger partial charge on any atom is -0.335 e. The highest BCUT2D eigenvalue weighted by atomic mass is 16.2. The van der Waals surface area contributed by atoms with Crippen LogP contribution in [-0.2, 0) is 0 Å². The van der Waals surface area contributed by atoms with Gasteiger partial charge in [0.05, 0.1) is 18.1 Å². The van der Waals surface area contributed by atoms with Gasteiger partial charge < -0.3 is 10.6 Å². The summed E-state index contributed by atoms with van der Waals surface area (Å²) in [7, 11) is 0. The zero-order valence-electron chi connectivity index (χ0n) is 8.44. The molecule has 1 heterocycles. The number of carbonyl (C=O) groups is 1. The molecule has 15 heavy (non-hydrogen) atoms. The Bertz CT molecular complexity index is 321. The van der Waals surface area contributed by atoms with E-state index < -0.39 is 0 Å². The van der Waals surface area contributed by atoms with Crippen molar-refractivity contribution in [1.29, 1.82) is 0 Å². The van der Waals surface area contributed by atoms with E-state index in [2.05, 4.69) is 20.6 Å². The second-order valence-corrected chi connectivity index (χ2v) is 3.71. The normalized spacial score (nSPS) is 16.3. The fourth-order valence-electron chi connectivity index (χ4n) is 1.79. The summed E-state index contributed by atoms with van der Waals surface area (Å²) in [5, 5.41) is 5.62. The maximum atomic E-state index is 11.5. The summed E-state index contributed by atoms with van der Waals surface area (Å²) in [6, 6.07) is 0.159. The smallest absolute Gasteiger partial charge is 0.319 e. The first-order chi connectivity index (χ1) is 7.34. The summed E-state index contributed by atoms with van der Waals surface area (Å²) in [6.07, 6.45) is 9.15. The van der Waals surface area contributed by atoms with Crippen LogP contribution in [0.4, 0.5) is 10.5 Å². The van der Waals surface area contributed by atoms with Gasteiger partial charge in [0.15, 0.2) is 0 Å². The lowest BCUT2D eigenvalue weighted by molar-refractivity contribution is 0.248. The van der Waals surface area contributed by atoms with Crippen LogP contribution in [-0.4, -0.2) is 22.0 Å². The molecule has 1 fully saturated rings. The highest BCUT2D eigenvalue weighted by molar-refractivity contribution is 5.89. The number of amides is 2. The van der Waals surface area contributed by atoms with Crippen molar-refractivity contribution in [3.8, 4) is 0 Å². The molecule has 5 heteroatoms. The molecule has 0 saturated heterocycles. The van der Waals surface area contributed by atoms with Crippen LogP contribution in [0.15, 0.2) is 18.7 Å². The van der Waals surface area contributed by atoms with E-state index in [4.69, 9.17) is 0 Å². The zero-order chi connectivity index (χ0) is 10.5. The molecule has 1 saturated carbocycles. The minimum atomic E-state index is -0.170. The largest absolute Gasteiger partial charge is 0.335 e. The van der Waals surface area contributed by atoms with Crippen molar-refractivity contribution in [1.82, 2.24) is 15.3 Å². The first kappa shape index (κ1) is 9.89. The van der Waals surface area contributed by atoms with Crippen LogP contribution >= 0.6 is 0 Å². The molecule has 1 aliphatic rings. The second kappa shape index (κ2) is 4.72. The van der Waals surface area contributed by atoms with Gasteiger partial charge in [-0.2, -0.15) is 0 Å².